The third-order valence-corrected chi connectivity index (χ3v) is 0. The Morgan fingerprint density at radius 1 is 0.588 bits per heavy atom. The summed E-state index contributed by atoms with van der Waals surface area (Å²) in [6.45, 7) is 0. The molecule has 4 radical (unpaired) electrons. The Kier molecular flexibility index (Phi) is 125. The Balaban J connectivity index is -0.00000000675. The molecular weight excluding hydrogens is 388 g/mol. The minimum absolute atomic E-state index is 0. The van der Waals surface area contributed by atoms with Gasteiger partial charge in [-0.3, -0.25) is 0 Å². The third-order valence-electron chi connectivity index (χ3n) is 0. The van der Waals surface area contributed by atoms with Crippen LogP contribution in [0.4, 0.5) is 0 Å². The molecule has 0 aliphatic rings. The molecule has 0 unspecified atom stereocenters. The average molecular weight is 391 g/mol. The molecule has 0 aliphatic carbocycles. The van der Waals surface area contributed by atoms with Crippen LogP contribution < -0.4 is 132 Å². The van der Waals surface area contributed by atoms with Crippen LogP contribution in [0.2, 0.25) is 0 Å². The normalized spacial score (nSPS) is 4.24. The molecule has 9 nitrogen and oxygen atoms in total. The second-order valence-electron chi connectivity index (χ2n) is 0.750. The SMILES string of the molecule is O=[Si]([O-])[O-].O=[Si]([O-])[O-].O=[Si]([O-])[O-].[Al+3].[Al+3].[H-].[H-].[K+].[K+].[Si]. The van der Waals surface area contributed by atoms with Crippen molar-refractivity contribution < 1.29 is 148 Å². The molecule has 0 saturated carbocycles. The topological polar surface area (TPSA) is 190 Å². The molecular formula is H2Al2K2O9Si4. The van der Waals surface area contributed by atoms with Crippen LogP contribution in [0.15, 0.2) is 0 Å². The van der Waals surface area contributed by atoms with Gasteiger partial charge in [-0.2, -0.15) is 0 Å². The Morgan fingerprint density at radius 3 is 0.588 bits per heavy atom. The summed E-state index contributed by atoms with van der Waals surface area (Å²) >= 11 is 0. The van der Waals surface area contributed by atoms with E-state index in [-0.39, 0.29) is 151 Å². The van der Waals surface area contributed by atoms with E-state index >= 15 is 0 Å². The Labute approximate surface area is 216 Å². The van der Waals surface area contributed by atoms with Crippen molar-refractivity contribution in [2.24, 2.45) is 0 Å². The third kappa shape index (κ3) is 507. The van der Waals surface area contributed by atoms with E-state index in [4.69, 9.17) is 42.2 Å². The van der Waals surface area contributed by atoms with E-state index in [0.717, 1.165) is 0 Å². The molecule has 0 bridgehead atoms. The quantitative estimate of drug-likeness (QED) is 0.361. The first-order valence-electron chi connectivity index (χ1n) is 1.84. The van der Waals surface area contributed by atoms with Gasteiger partial charge >= 0.3 is 137 Å². The van der Waals surface area contributed by atoms with Gasteiger partial charge in [0.1, 0.15) is 0 Å². The molecule has 0 saturated heterocycles. The number of hydrogen-bond donors (Lipinski definition) is 0. The van der Waals surface area contributed by atoms with Gasteiger partial charge in [-0.05, 0) is 0 Å². The minimum Gasteiger partial charge on any atom is -1.00 e. The van der Waals surface area contributed by atoms with Crippen LogP contribution in [-0.2, 0) is 13.4 Å². The monoisotopic (exact) mass is 390 g/mol. The fourth-order valence-corrected chi connectivity index (χ4v) is 0. The molecule has 0 fully saturated rings. The van der Waals surface area contributed by atoms with Crippen molar-refractivity contribution in [3.05, 3.63) is 0 Å². The summed E-state index contributed by atoms with van der Waals surface area (Å²) in [7, 11) is -10.9. The van der Waals surface area contributed by atoms with E-state index in [1.807, 2.05) is 0 Å². The van der Waals surface area contributed by atoms with E-state index in [9.17, 15) is 0 Å². The molecule has 0 aromatic heterocycles. The predicted molar refractivity (Wildman–Crippen MR) is 38.8 cm³/mol. The summed E-state index contributed by atoms with van der Waals surface area (Å²) in [6.07, 6.45) is 0. The van der Waals surface area contributed by atoms with E-state index < -0.39 is 27.5 Å². The smallest absolute Gasteiger partial charge is 1.00 e. The van der Waals surface area contributed by atoms with Crippen LogP contribution >= 0.6 is 0 Å². The van der Waals surface area contributed by atoms with Gasteiger partial charge in [0.25, 0.3) is 0 Å². The van der Waals surface area contributed by atoms with E-state index in [0.29, 0.717) is 0 Å². The van der Waals surface area contributed by atoms with Crippen LogP contribution in [0.1, 0.15) is 2.85 Å². The van der Waals surface area contributed by atoms with Crippen LogP contribution in [0.25, 0.3) is 0 Å². The van der Waals surface area contributed by atoms with Crippen LogP contribution in [0.5, 0.6) is 0 Å². The summed E-state index contributed by atoms with van der Waals surface area (Å²) < 4.78 is 25.6. The van der Waals surface area contributed by atoms with Crippen molar-refractivity contribution in [1.29, 1.82) is 0 Å². The Bertz CT molecular complexity index is 136. The summed E-state index contributed by atoms with van der Waals surface area (Å²) in [6, 6.07) is 0. The minimum atomic E-state index is -3.63. The van der Waals surface area contributed by atoms with Crippen molar-refractivity contribution in [1.82, 2.24) is 0 Å². The first-order chi connectivity index (χ1) is 5.20. The van der Waals surface area contributed by atoms with Crippen molar-refractivity contribution in [3.8, 4) is 0 Å². The van der Waals surface area contributed by atoms with Crippen molar-refractivity contribution in [2.45, 2.75) is 0 Å². The molecule has 0 heterocycles. The summed E-state index contributed by atoms with van der Waals surface area (Å²) in [5.74, 6) is 0. The van der Waals surface area contributed by atoms with Gasteiger partial charge in [0.05, 0.1) is 0 Å². The van der Waals surface area contributed by atoms with Gasteiger partial charge in [-0.15, -0.1) is 0 Å². The first-order valence-corrected chi connectivity index (χ1v) is 5.51. The second-order valence-corrected chi connectivity index (χ2v) is 2.25. The molecule has 0 aliphatic heterocycles. The van der Waals surface area contributed by atoms with Crippen LogP contribution in [-0.4, -0.2) is 73.2 Å². The van der Waals surface area contributed by atoms with E-state index in [2.05, 4.69) is 0 Å². The number of hydrogen-bond acceptors (Lipinski definition) is 9. The van der Waals surface area contributed by atoms with Gasteiger partial charge in [-0.1, -0.05) is 0 Å². The summed E-state index contributed by atoms with van der Waals surface area (Å²) in [4.78, 5) is 51.1. The van der Waals surface area contributed by atoms with Crippen LogP contribution in [0.3, 0.4) is 0 Å². The second kappa shape index (κ2) is 42.7. The maximum absolute atomic E-state index is 8.52. The Hall–Kier alpha value is 3.41. The maximum atomic E-state index is 8.52. The van der Waals surface area contributed by atoms with Crippen molar-refractivity contribution >= 4 is 73.2 Å². The van der Waals surface area contributed by atoms with E-state index in [1.54, 1.807) is 0 Å². The molecule has 80 valence electrons. The zero-order valence-electron chi connectivity index (χ0n) is 10.8. The average Bonchev–Trinajstić information content (AvgIpc) is 1.54. The maximum Gasteiger partial charge on any atom is 3.00 e. The zero-order valence-corrected chi connectivity index (χ0v) is 21.4. The van der Waals surface area contributed by atoms with Gasteiger partial charge in [0, 0.05) is 38.5 Å². The largest absolute Gasteiger partial charge is 3.00 e. The fraction of sp³-hybridized carbons (Fsp3) is 0. The summed E-state index contributed by atoms with van der Waals surface area (Å²) in [5, 5.41) is 0. The summed E-state index contributed by atoms with van der Waals surface area (Å²) in [5.41, 5.74) is 0. The predicted octanol–water partition coefficient (Wildman–Crippen LogP) is -15.5. The van der Waals surface area contributed by atoms with Crippen LogP contribution in [0, 0.1) is 0 Å². The molecule has 0 spiro atoms. The molecule has 0 atom stereocenters. The molecule has 0 rings (SSSR count). The first kappa shape index (κ1) is 49.9. The molecule has 17 heavy (non-hydrogen) atoms. The molecule has 0 N–H and O–H groups in total. The molecule has 0 amide bonds. The van der Waals surface area contributed by atoms with E-state index in [1.165, 1.54) is 0 Å². The fourth-order valence-electron chi connectivity index (χ4n) is 0. The number of rotatable bonds is 0. The molecule has 0 aromatic rings. The van der Waals surface area contributed by atoms with Crippen molar-refractivity contribution in [2.75, 3.05) is 0 Å². The zero-order chi connectivity index (χ0) is 10.7. The van der Waals surface area contributed by atoms with Gasteiger partial charge in [0.15, 0.2) is 0 Å². The van der Waals surface area contributed by atoms with Gasteiger partial charge in [0.2, 0.25) is 0 Å². The van der Waals surface area contributed by atoms with Crippen molar-refractivity contribution in [3.63, 3.8) is 0 Å². The molecule has 0 aromatic carbocycles. The standard InChI is InChI=1S/2Al.2K.3O3Si.Si.2H/c;;;;3*1-4(2)3;;;/q2*+3;2*+1;3*-2;;2*-1. The van der Waals surface area contributed by atoms with Gasteiger partial charge in [-0.25, -0.2) is 0 Å². The Morgan fingerprint density at radius 2 is 0.588 bits per heavy atom. The van der Waals surface area contributed by atoms with Gasteiger partial charge < -0.3 is 45.0 Å². The molecule has 17 heteroatoms.